The van der Waals surface area contributed by atoms with E-state index in [1.54, 1.807) is 24.3 Å². The van der Waals surface area contributed by atoms with Crippen LogP contribution in [0.2, 0.25) is 0 Å². The van der Waals surface area contributed by atoms with Crippen molar-refractivity contribution in [3.05, 3.63) is 35.4 Å². The van der Waals surface area contributed by atoms with Crippen LogP contribution < -0.4 is 5.32 Å². The molecule has 2 aliphatic heterocycles. The third-order valence-electron chi connectivity index (χ3n) is 6.06. The average Bonchev–Trinajstić information content (AvgIpc) is 2.77. The van der Waals surface area contributed by atoms with Crippen LogP contribution in [0.4, 0.5) is 0 Å². The highest BCUT2D eigenvalue weighted by Gasteiger charge is 2.24. The first-order valence-corrected chi connectivity index (χ1v) is 12.8. The number of nitrogens with zero attached hydrogens (tertiary/aromatic N) is 2. The molecule has 30 heavy (non-hydrogen) atoms. The first-order valence-electron chi connectivity index (χ1n) is 11.2. The highest BCUT2D eigenvalue weighted by molar-refractivity contribution is 7.88. The second-order valence-electron chi connectivity index (χ2n) is 8.17. The van der Waals surface area contributed by atoms with Gasteiger partial charge in [-0.1, -0.05) is 25.5 Å². The van der Waals surface area contributed by atoms with Crippen molar-refractivity contribution in [3.63, 3.8) is 0 Å². The minimum absolute atomic E-state index is 0.0523. The molecule has 0 aromatic heterocycles. The zero-order valence-electron chi connectivity index (χ0n) is 18.0. The topological polar surface area (TPSA) is 79.0 Å². The van der Waals surface area contributed by atoms with Gasteiger partial charge >= 0.3 is 0 Å². The first kappa shape index (κ1) is 23.2. The molecule has 8 heteroatoms. The maximum Gasteiger partial charge on any atom is 0.251 e. The number of ether oxygens (including phenoxy) is 1. The molecule has 0 unspecified atom stereocenters. The number of hydrogen-bond donors (Lipinski definition) is 1. The number of carbonyl (C=O) groups excluding carboxylic acids is 1. The molecule has 0 saturated carbocycles. The second kappa shape index (κ2) is 11.2. The molecule has 168 valence electrons. The van der Waals surface area contributed by atoms with Gasteiger partial charge in [-0.3, -0.25) is 4.79 Å². The predicted molar refractivity (Wildman–Crippen MR) is 118 cm³/mol. The molecule has 2 aliphatic rings. The molecule has 0 aliphatic carbocycles. The number of morpholine rings is 1. The van der Waals surface area contributed by atoms with Gasteiger partial charge in [0.2, 0.25) is 10.0 Å². The van der Waals surface area contributed by atoms with Crippen LogP contribution >= 0.6 is 0 Å². The van der Waals surface area contributed by atoms with E-state index in [0.717, 1.165) is 13.0 Å². The molecule has 3 rings (SSSR count). The summed E-state index contributed by atoms with van der Waals surface area (Å²) in [5, 5.41) is 2.98. The summed E-state index contributed by atoms with van der Waals surface area (Å²) in [4.78, 5) is 14.9. The Morgan fingerprint density at radius 3 is 2.57 bits per heavy atom. The van der Waals surface area contributed by atoms with Gasteiger partial charge in [0.25, 0.3) is 5.91 Å². The zero-order valence-corrected chi connectivity index (χ0v) is 18.8. The zero-order chi connectivity index (χ0) is 21.4. The van der Waals surface area contributed by atoms with E-state index in [9.17, 15) is 13.2 Å². The third-order valence-corrected chi connectivity index (χ3v) is 7.91. The Labute approximate surface area is 180 Å². The Morgan fingerprint density at radius 1 is 1.13 bits per heavy atom. The quantitative estimate of drug-likeness (QED) is 0.600. The lowest BCUT2D eigenvalue weighted by atomic mass is 10.00. The van der Waals surface area contributed by atoms with Gasteiger partial charge in [-0.15, -0.1) is 0 Å². The molecule has 7 nitrogen and oxygen atoms in total. The fourth-order valence-corrected chi connectivity index (χ4v) is 5.78. The minimum Gasteiger partial charge on any atom is -0.379 e. The lowest BCUT2D eigenvalue weighted by Gasteiger charge is -2.35. The second-order valence-corrected chi connectivity index (χ2v) is 10.1. The molecule has 1 N–H and O–H groups in total. The van der Waals surface area contributed by atoms with Crippen LogP contribution in [-0.2, 0) is 20.5 Å². The Bertz CT molecular complexity index is 776. The van der Waals surface area contributed by atoms with Gasteiger partial charge in [-0.05, 0) is 49.9 Å². The summed E-state index contributed by atoms with van der Waals surface area (Å²) in [5.41, 5.74) is 1.25. The number of sulfonamides is 1. The van der Waals surface area contributed by atoms with Gasteiger partial charge in [0.15, 0.2) is 0 Å². The summed E-state index contributed by atoms with van der Waals surface area (Å²) >= 11 is 0. The number of rotatable bonds is 9. The number of piperidine rings is 1. The molecule has 0 radical (unpaired) electrons. The van der Waals surface area contributed by atoms with Gasteiger partial charge in [0.1, 0.15) is 0 Å². The summed E-state index contributed by atoms with van der Waals surface area (Å²) in [6.45, 7) is 6.78. The molecule has 1 aromatic rings. The average molecular weight is 438 g/mol. The lowest BCUT2D eigenvalue weighted by Crippen LogP contribution is -2.41. The number of benzene rings is 1. The Balaban J connectivity index is 1.43. The van der Waals surface area contributed by atoms with Crippen molar-refractivity contribution in [2.45, 2.75) is 50.8 Å². The highest BCUT2D eigenvalue weighted by atomic mass is 32.2. The van der Waals surface area contributed by atoms with Crippen LogP contribution in [0.1, 0.15) is 54.9 Å². The largest absolute Gasteiger partial charge is 0.379 e. The molecule has 0 bridgehead atoms. The van der Waals surface area contributed by atoms with Crippen LogP contribution in [0.3, 0.4) is 0 Å². The standard InChI is InChI=1S/C22H35N3O4S/c1-2-21-6-3-4-12-24(21)13-5-11-23-22(26)20-9-7-19(8-10-20)18-30(27,28)25-14-16-29-17-15-25/h7-10,21H,2-6,11-18H2,1H3,(H,23,26)/t21-/m1/s1. The number of carbonyl (C=O) groups is 1. The molecule has 0 spiro atoms. The predicted octanol–water partition coefficient (Wildman–Crippen LogP) is 2.23. The van der Waals surface area contributed by atoms with Crippen LogP contribution in [0.25, 0.3) is 0 Å². The van der Waals surface area contributed by atoms with Crippen LogP contribution in [0.15, 0.2) is 24.3 Å². The molecule has 1 aromatic carbocycles. The van der Waals surface area contributed by atoms with Crippen molar-refractivity contribution < 1.29 is 17.9 Å². The molecule has 1 atom stereocenters. The van der Waals surface area contributed by atoms with Crippen LogP contribution in [0.5, 0.6) is 0 Å². The number of hydrogen-bond acceptors (Lipinski definition) is 5. The Morgan fingerprint density at radius 2 is 1.87 bits per heavy atom. The summed E-state index contributed by atoms with van der Waals surface area (Å²) < 4.78 is 31.7. The summed E-state index contributed by atoms with van der Waals surface area (Å²) in [5.74, 6) is -0.160. The van der Waals surface area contributed by atoms with E-state index in [1.807, 2.05) is 0 Å². The molecule has 2 saturated heterocycles. The molecular formula is C22H35N3O4S. The van der Waals surface area contributed by atoms with Crippen molar-refractivity contribution in [2.75, 3.05) is 45.9 Å². The lowest BCUT2D eigenvalue weighted by molar-refractivity contribution is 0.0729. The number of likely N-dealkylation sites (tertiary alicyclic amines) is 1. The maximum atomic E-state index is 12.5. The number of amides is 1. The van der Waals surface area contributed by atoms with Gasteiger partial charge < -0.3 is 15.0 Å². The van der Waals surface area contributed by atoms with Gasteiger partial charge in [0, 0.05) is 37.8 Å². The van der Waals surface area contributed by atoms with E-state index >= 15 is 0 Å². The summed E-state index contributed by atoms with van der Waals surface area (Å²) in [7, 11) is -3.36. The van der Waals surface area contributed by atoms with Gasteiger partial charge in [-0.25, -0.2) is 8.42 Å². The van der Waals surface area contributed by atoms with E-state index in [1.165, 1.54) is 36.5 Å². The van der Waals surface area contributed by atoms with Gasteiger partial charge in [0.05, 0.1) is 19.0 Å². The van der Waals surface area contributed by atoms with E-state index in [0.29, 0.717) is 50.0 Å². The maximum absolute atomic E-state index is 12.5. The first-order chi connectivity index (χ1) is 14.5. The fourth-order valence-electron chi connectivity index (χ4n) is 4.28. The van der Waals surface area contributed by atoms with Crippen LogP contribution in [-0.4, -0.2) is 75.5 Å². The Kier molecular flexibility index (Phi) is 8.68. The molecular weight excluding hydrogens is 402 g/mol. The van der Waals surface area contributed by atoms with Crippen molar-refractivity contribution in [2.24, 2.45) is 0 Å². The highest BCUT2D eigenvalue weighted by Crippen LogP contribution is 2.19. The monoisotopic (exact) mass is 437 g/mol. The van der Waals surface area contributed by atoms with E-state index in [4.69, 9.17) is 4.74 Å². The van der Waals surface area contributed by atoms with Crippen molar-refractivity contribution in [1.29, 1.82) is 0 Å². The van der Waals surface area contributed by atoms with Crippen molar-refractivity contribution in [3.8, 4) is 0 Å². The van der Waals surface area contributed by atoms with Crippen molar-refractivity contribution >= 4 is 15.9 Å². The SMILES string of the molecule is CC[C@@H]1CCCCN1CCCNC(=O)c1ccc(CS(=O)(=O)N2CCOCC2)cc1. The molecule has 2 fully saturated rings. The summed E-state index contributed by atoms with van der Waals surface area (Å²) in [6, 6.07) is 7.56. The Hall–Kier alpha value is -1.48. The van der Waals surface area contributed by atoms with Gasteiger partial charge in [-0.2, -0.15) is 4.31 Å². The molecule has 1 amide bonds. The van der Waals surface area contributed by atoms with Crippen LogP contribution in [0, 0.1) is 0 Å². The minimum atomic E-state index is -3.36. The smallest absolute Gasteiger partial charge is 0.251 e. The fraction of sp³-hybridized carbons (Fsp3) is 0.682. The number of nitrogens with one attached hydrogen (secondary N) is 1. The van der Waals surface area contributed by atoms with E-state index in [-0.39, 0.29) is 11.7 Å². The molecule has 2 heterocycles. The van der Waals surface area contributed by atoms with E-state index < -0.39 is 10.0 Å². The third kappa shape index (κ3) is 6.51. The van der Waals surface area contributed by atoms with E-state index in [2.05, 4.69) is 17.1 Å². The summed E-state index contributed by atoms with van der Waals surface area (Å²) in [6.07, 6.45) is 6.03. The normalized spacial score (nSPS) is 21.4. The van der Waals surface area contributed by atoms with Crippen molar-refractivity contribution in [1.82, 2.24) is 14.5 Å².